The number of rotatable bonds is 5. The van der Waals surface area contributed by atoms with Gasteiger partial charge in [-0.05, 0) is 45.4 Å². The molecule has 1 rings (SSSR count). The van der Waals surface area contributed by atoms with E-state index in [1.54, 1.807) is 0 Å². The van der Waals surface area contributed by atoms with Gasteiger partial charge >= 0.3 is 5.97 Å². The van der Waals surface area contributed by atoms with Gasteiger partial charge in [0.15, 0.2) is 0 Å². The number of carbonyl (C=O) groups excluding carboxylic acids is 1. The Morgan fingerprint density at radius 2 is 2.00 bits per heavy atom. The highest BCUT2D eigenvalue weighted by Crippen LogP contribution is 2.32. The van der Waals surface area contributed by atoms with Gasteiger partial charge in [0.05, 0.1) is 19.3 Å². The molecule has 4 heteroatoms. The van der Waals surface area contributed by atoms with Gasteiger partial charge in [-0.15, -0.1) is 0 Å². The fourth-order valence-corrected chi connectivity index (χ4v) is 2.49. The van der Waals surface area contributed by atoms with Crippen LogP contribution in [0.4, 0.5) is 0 Å². The second kappa shape index (κ2) is 6.53. The number of carbonyl (C=O) groups is 1. The Kier molecular flexibility index (Phi) is 5.60. The van der Waals surface area contributed by atoms with Crippen LogP contribution in [0.3, 0.4) is 0 Å². The summed E-state index contributed by atoms with van der Waals surface area (Å²) in [5, 5.41) is 10.6. The van der Waals surface area contributed by atoms with Crippen molar-refractivity contribution < 1.29 is 14.6 Å². The molecule has 0 aromatic carbocycles. The highest BCUT2D eigenvalue weighted by Gasteiger charge is 2.34. The van der Waals surface area contributed by atoms with Gasteiger partial charge < -0.3 is 9.84 Å². The molecule has 0 heterocycles. The summed E-state index contributed by atoms with van der Waals surface area (Å²) in [6.07, 6.45) is 3.80. The molecule has 0 aromatic rings. The number of ether oxygens (including phenoxy) is 1. The van der Waals surface area contributed by atoms with Gasteiger partial charge in [-0.3, -0.25) is 9.69 Å². The average Bonchev–Trinajstić information content (AvgIpc) is 2.32. The van der Waals surface area contributed by atoms with E-state index in [1.807, 2.05) is 18.7 Å². The molecule has 1 saturated carbocycles. The lowest BCUT2D eigenvalue weighted by atomic mass is 9.79. The van der Waals surface area contributed by atoms with Crippen LogP contribution in [0.15, 0.2) is 0 Å². The Balaban J connectivity index is 2.57. The normalized spacial score (nSPS) is 28.7. The molecule has 1 N–H and O–H groups in total. The summed E-state index contributed by atoms with van der Waals surface area (Å²) in [5.41, 5.74) is -0.634. The summed E-state index contributed by atoms with van der Waals surface area (Å²) >= 11 is 0. The molecule has 0 unspecified atom stereocenters. The first-order valence-electron chi connectivity index (χ1n) is 6.89. The lowest BCUT2D eigenvalue weighted by molar-refractivity contribution is -0.143. The molecule has 1 aliphatic rings. The molecule has 18 heavy (non-hydrogen) atoms. The quantitative estimate of drug-likeness (QED) is 0.763. The number of esters is 1. The maximum absolute atomic E-state index is 11.4. The number of hydrogen-bond acceptors (Lipinski definition) is 4. The van der Waals surface area contributed by atoms with E-state index < -0.39 is 5.60 Å². The molecule has 4 nitrogen and oxygen atoms in total. The topological polar surface area (TPSA) is 49.8 Å². The predicted molar refractivity (Wildman–Crippen MR) is 71.3 cm³/mol. The third kappa shape index (κ3) is 4.58. The lowest BCUT2D eigenvalue weighted by Gasteiger charge is -2.39. The minimum Gasteiger partial charge on any atom is -0.468 e. The SMILES string of the molecule is COC(=O)CN(CC1(O)CCC(C)CC1)C(C)C. The van der Waals surface area contributed by atoms with Gasteiger partial charge in [0.1, 0.15) is 0 Å². The monoisotopic (exact) mass is 257 g/mol. The van der Waals surface area contributed by atoms with Crippen molar-refractivity contribution in [3.8, 4) is 0 Å². The first-order valence-corrected chi connectivity index (χ1v) is 6.89. The molecule has 106 valence electrons. The molecule has 0 atom stereocenters. The Morgan fingerprint density at radius 3 is 2.44 bits per heavy atom. The van der Waals surface area contributed by atoms with Crippen molar-refractivity contribution in [2.24, 2.45) is 5.92 Å². The summed E-state index contributed by atoms with van der Waals surface area (Å²) in [4.78, 5) is 13.4. The number of hydrogen-bond donors (Lipinski definition) is 1. The van der Waals surface area contributed by atoms with E-state index in [1.165, 1.54) is 7.11 Å². The number of aliphatic hydroxyl groups is 1. The number of nitrogens with zero attached hydrogens (tertiary/aromatic N) is 1. The molecule has 1 fully saturated rings. The van der Waals surface area contributed by atoms with Crippen LogP contribution in [0, 0.1) is 5.92 Å². The van der Waals surface area contributed by atoms with Gasteiger partial charge in [-0.25, -0.2) is 0 Å². The van der Waals surface area contributed by atoms with Crippen LogP contribution >= 0.6 is 0 Å². The summed E-state index contributed by atoms with van der Waals surface area (Å²) in [7, 11) is 1.40. The Hall–Kier alpha value is -0.610. The van der Waals surface area contributed by atoms with E-state index in [4.69, 9.17) is 4.74 Å². The van der Waals surface area contributed by atoms with Crippen LogP contribution in [0.5, 0.6) is 0 Å². The van der Waals surface area contributed by atoms with Crippen LogP contribution in [0.2, 0.25) is 0 Å². The summed E-state index contributed by atoms with van der Waals surface area (Å²) in [5.74, 6) is 0.467. The van der Waals surface area contributed by atoms with Gasteiger partial charge in [-0.2, -0.15) is 0 Å². The van der Waals surface area contributed by atoms with Crippen LogP contribution in [-0.2, 0) is 9.53 Å². The number of methoxy groups -OCH3 is 1. The van der Waals surface area contributed by atoms with Gasteiger partial charge in [0.25, 0.3) is 0 Å². The molecule has 0 aromatic heterocycles. The molecule has 0 radical (unpaired) electrons. The Labute approximate surface area is 110 Å². The van der Waals surface area contributed by atoms with E-state index in [-0.39, 0.29) is 18.6 Å². The summed E-state index contributed by atoms with van der Waals surface area (Å²) < 4.78 is 4.71. The zero-order valence-corrected chi connectivity index (χ0v) is 12.1. The molecule has 0 bridgehead atoms. The fraction of sp³-hybridized carbons (Fsp3) is 0.929. The maximum atomic E-state index is 11.4. The van der Waals surface area contributed by atoms with Crippen LogP contribution < -0.4 is 0 Å². The van der Waals surface area contributed by atoms with E-state index in [0.717, 1.165) is 25.7 Å². The largest absolute Gasteiger partial charge is 0.468 e. The molecule has 0 aliphatic heterocycles. The fourth-order valence-electron chi connectivity index (χ4n) is 2.49. The van der Waals surface area contributed by atoms with E-state index in [9.17, 15) is 9.90 Å². The summed E-state index contributed by atoms with van der Waals surface area (Å²) in [6, 6.07) is 0.229. The zero-order valence-electron chi connectivity index (χ0n) is 12.1. The van der Waals surface area contributed by atoms with Gasteiger partial charge in [-0.1, -0.05) is 6.92 Å². The standard InChI is InChI=1S/C14H27NO3/c1-11(2)15(9-13(16)18-4)10-14(17)7-5-12(3)6-8-14/h11-12,17H,5-10H2,1-4H3. The summed E-state index contributed by atoms with van der Waals surface area (Å²) in [6.45, 7) is 7.13. The van der Waals surface area contributed by atoms with Crippen molar-refractivity contribution in [1.29, 1.82) is 0 Å². The molecular weight excluding hydrogens is 230 g/mol. The van der Waals surface area contributed by atoms with E-state index in [2.05, 4.69) is 6.92 Å². The third-order valence-electron chi connectivity index (χ3n) is 3.99. The zero-order chi connectivity index (χ0) is 13.8. The first-order chi connectivity index (χ1) is 8.36. The van der Waals surface area contributed by atoms with Crippen molar-refractivity contribution in [2.45, 2.75) is 58.1 Å². The minimum absolute atomic E-state index is 0.229. The van der Waals surface area contributed by atoms with Crippen molar-refractivity contribution in [3.63, 3.8) is 0 Å². The highest BCUT2D eigenvalue weighted by atomic mass is 16.5. The molecule has 0 spiro atoms. The minimum atomic E-state index is -0.634. The second-order valence-electron chi connectivity index (χ2n) is 5.98. The molecular formula is C14H27NO3. The van der Waals surface area contributed by atoms with E-state index in [0.29, 0.717) is 12.5 Å². The average molecular weight is 257 g/mol. The molecule has 0 saturated heterocycles. The van der Waals surface area contributed by atoms with Crippen molar-refractivity contribution >= 4 is 5.97 Å². The first kappa shape index (κ1) is 15.4. The van der Waals surface area contributed by atoms with E-state index >= 15 is 0 Å². The molecule has 0 amide bonds. The van der Waals surface area contributed by atoms with Crippen molar-refractivity contribution in [1.82, 2.24) is 4.90 Å². The molecule has 1 aliphatic carbocycles. The van der Waals surface area contributed by atoms with Crippen LogP contribution in [0.1, 0.15) is 46.5 Å². The van der Waals surface area contributed by atoms with Crippen LogP contribution in [-0.4, -0.2) is 47.8 Å². The third-order valence-corrected chi connectivity index (χ3v) is 3.99. The Morgan fingerprint density at radius 1 is 1.44 bits per heavy atom. The van der Waals surface area contributed by atoms with Crippen molar-refractivity contribution in [3.05, 3.63) is 0 Å². The predicted octanol–water partition coefficient (Wildman–Crippen LogP) is 1.81. The lowest BCUT2D eigenvalue weighted by Crippen LogP contribution is -2.49. The maximum Gasteiger partial charge on any atom is 0.319 e. The Bertz CT molecular complexity index is 270. The van der Waals surface area contributed by atoms with Crippen LogP contribution in [0.25, 0.3) is 0 Å². The van der Waals surface area contributed by atoms with Gasteiger partial charge in [0, 0.05) is 12.6 Å². The van der Waals surface area contributed by atoms with Crippen molar-refractivity contribution in [2.75, 3.05) is 20.2 Å². The van der Waals surface area contributed by atoms with Gasteiger partial charge in [0.2, 0.25) is 0 Å². The smallest absolute Gasteiger partial charge is 0.319 e. The highest BCUT2D eigenvalue weighted by molar-refractivity contribution is 5.71. The second-order valence-corrected chi connectivity index (χ2v) is 5.98.